The average Bonchev–Trinajstić information content (AvgIpc) is 3.26. The molecule has 8 heteroatoms. The first kappa shape index (κ1) is 20.9. The van der Waals surface area contributed by atoms with Crippen molar-refractivity contribution in [3.8, 4) is 16.3 Å². The summed E-state index contributed by atoms with van der Waals surface area (Å²) in [5.74, 6) is -0.166. The summed E-state index contributed by atoms with van der Waals surface area (Å²) in [7, 11) is 1.40. The molecule has 1 saturated carbocycles. The molecule has 158 valence electrons. The van der Waals surface area contributed by atoms with Gasteiger partial charge in [-0.15, -0.1) is 11.3 Å². The number of benzene rings is 1. The molecule has 1 aliphatic rings. The van der Waals surface area contributed by atoms with Crippen molar-refractivity contribution in [1.29, 1.82) is 0 Å². The Hall–Kier alpha value is -2.35. The first-order valence-electron chi connectivity index (χ1n) is 9.72. The number of thiophene rings is 1. The van der Waals surface area contributed by atoms with Gasteiger partial charge >= 0.3 is 5.97 Å². The molecule has 1 unspecified atom stereocenters. The van der Waals surface area contributed by atoms with Crippen LogP contribution in [0.3, 0.4) is 0 Å². The second kappa shape index (κ2) is 8.41. The second-order valence-electron chi connectivity index (χ2n) is 7.65. The monoisotopic (exact) mass is 446 g/mol. The summed E-state index contributed by atoms with van der Waals surface area (Å²) in [4.78, 5) is 12.7. The predicted molar refractivity (Wildman–Crippen MR) is 116 cm³/mol. The van der Waals surface area contributed by atoms with Gasteiger partial charge in [-0.1, -0.05) is 29.8 Å². The van der Waals surface area contributed by atoms with Gasteiger partial charge in [-0.3, -0.25) is 4.68 Å². The molecule has 6 nitrogen and oxygen atoms in total. The molecular weight excluding hydrogens is 424 g/mol. The fourth-order valence-electron chi connectivity index (χ4n) is 3.14. The number of aromatic nitrogens is 2. The molecule has 1 N–H and O–H groups in total. The number of hydrogen-bond acceptors (Lipinski definition) is 5. The first-order chi connectivity index (χ1) is 14.4. The lowest BCUT2D eigenvalue weighted by atomic mass is 10.00. The van der Waals surface area contributed by atoms with Crippen molar-refractivity contribution >= 4 is 28.9 Å². The molecule has 30 heavy (non-hydrogen) atoms. The minimum Gasteiger partial charge on any atom is -0.490 e. The zero-order valence-electron chi connectivity index (χ0n) is 16.8. The van der Waals surface area contributed by atoms with E-state index < -0.39 is 11.6 Å². The largest absolute Gasteiger partial charge is 0.490 e. The maximum absolute atomic E-state index is 11.7. The van der Waals surface area contributed by atoms with Gasteiger partial charge in [0.25, 0.3) is 0 Å². The summed E-state index contributed by atoms with van der Waals surface area (Å²) in [6, 6.07) is 11.6. The molecule has 1 aliphatic carbocycles. The summed E-state index contributed by atoms with van der Waals surface area (Å²) < 4.78 is 13.0. The van der Waals surface area contributed by atoms with Crippen molar-refractivity contribution in [3.63, 3.8) is 0 Å². The highest BCUT2D eigenvalue weighted by molar-refractivity contribution is 7.13. The van der Waals surface area contributed by atoms with E-state index >= 15 is 0 Å². The third-order valence-electron chi connectivity index (χ3n) is 5.18. The second-order valence-corrected chi connectivity index (χ2v) is 8.97. The van der Waals surface area contributed by atoms with E-state index in [0.29, 0.717) is 23.4 Å². The van der Waals surface area contributed by atoms with Crippen molar-refractivity contribution in [2.24, 2.45) is 0 Å². The van der Waals surface area contributed by atoms with Crippen LogP contribution >= 0.6 is 22.9 Å². The van der Waals surface area contributed by atoms with Crippen LogP contribution in [0.15, 0.2) is 41.8 Å². The van der Waals surface area contributed by atoms with Crippen molar-refractivity contribution in [1.82, 2.24) is 9.78 Å². The topological polar surface area (TPSA) is 73.6 Å². The van der Waals surface area contributed by atoms with Gasteiger partial charge in [0.1, 0.15) is 5.75 Å². The van der Waals surface area contributed by atoms with E-state index in [9.17, 15) is 9.90 Å². The van der Waals surface area contributed by atoms with E-state index in [1.165, 1.54) is 7.11 Å². The predicted octanol–water partition coefficient (Wildman–Crippen LogP) is 4.89. The minimum absolute atomic E-state index is 0.151. The van der Waals surface area contributed by atoms with Gasteiger partial charge < -0.3 is 14.6 Å². The average molecular weight is 447 g/mol. The van der Waals surface area contributed by atoms with Gasteiger partial charge in [-0.05, 0) is 37.5 Å². The van der Waals surface area contributed by atoms with Crippen LogP contribution in [0.25, 0.3) is 10.6 Å². The number of carboxylic acid groups (broad SMARTS) is 1. The Morgan fingerprint density at radius 2 is 2.13 bits per heavy atom. The number of carboxylic acids is 1. The summed E-state index contributed by atoms with van der Waals surface area (Å²) >= 11 is 7.94. The van der Waals surface area contributed by atoms with Crippen LogP contribution in [0.2, 0.25) is 5.02 Å². The van der Waals surface area contributed by atoms with Gasteiger partial charge in [0.05, 0.1) is 28.9 Å². The number of rotatable bonds is 9. The minimum atomic E-state index is -1.35. The number of carbonyl (C=O) groups is 1. The number of methoxy groups -OCH3 is 1. The maximum Gasteiger partial charge on any atom is 0.336 e. The van der Waals surface area contributed by atoms with E-state index in [0.717, 1.165) is 34.7 Å². The van der Waals surface area contributed by atoms with E-state index in [-0.39, 0.29) is 6.42 Å². The van der Waals surface area contributed by atoms with Crippen molar-refractivity contribution < 1.29 is 19.4 Å². The molecule has 3 aromatic rings. The van der Waals surface area contributed by atoms with Gasteiger partial charge in [-0.25, -0.2) is 4.79 Å². The fourth-order valence-corrected chi connectivity index (χ4v) is 4.17. The molecule has 4 rings (SSSR count). The zero-order chi connectivity index (χ0) is 21.3. The fraction of sp³-hybridized carbons (Fsp3) is 0.364. The molecule has 2 heterocycles. The third-order valence-corrected chi connectivity index (χ3v) is 6.48. The van der Waals surface area contributed by atoms with Crippen molar-refractivity contribution in [2.75, 3.05) is 7.11 Å². The molecule has 0 aliphatic heterocycles. The van der Waals surface area contributed by atoms with Crippen LogP contribution in [0, 0.1) is 0 Å². The Kier molecular flexibility index (Phi) is 5.86. The normalized spacial score (nSPS) is 15.7. The Labute approximate surface area is 184 Å². The van der Waals surface area contributed by atoms with Crippen LogP contribution in [0.1, 0.15) is 31.0 Å². The molecule has 1 atom stereocenters. The third kappa shape index (κ3) is 4.53. The van der Waals surface area contributed by atoms with Crippen LogP contribution in [-0.2, 0) is 22.5 Å². The number of halogens is 1. The number of aliphatic carboxylic acids is 1. The maximum atomic E-state index is 11.7. The van der Waals surface area contributed by atoms with Crippen LogP contribution in [0.5, 0.6) is 5.75 Å². The first-order valence-corrected chi connectivity index (χ1v) is 11.0. The number of ether oxygens (including phenoxy) is 2. The number of nitrogens with zero attached hydrogens (tertiary/aromatic N) is 2. The molecule has 0 amide bonds. The Bertz CT molecular complexity index is 1060. The SMILES string of the molecule is COC(C)(Cc1cc(-c2cc(OC3CC3)cs2)n(Cc2ccccc2Cl)n1)C(=O)O. The molecule has 0 radical (unpaired) electrons. The van der Waals surface area contributed by atoms with Crippen molar-refractivity contribution in [3.05, 3.63) is 58.1 Å². The molecule has 2 aromatic heterocycles. The molecule has 1 aromatic carbocycles. The molecule has 0 bridgehead atoms. The van der Waals surface area contributed by atoms with E-state index in [2.05, 4.69) is 0 Å². The Balaban J connectivity index is 1.68. The van der Waals surface area contributed by atoms with Gasteiger partial charge in [0.2, 0.25) is 0 Å². The zero-order valence-corrected chi connectivity index (χ0v) is 18.4. The summed E-state index contributed by atoms with van der Waals surface area (Å²) in [5.41, 5.74) is 1.12. The van der Waals surface area contributed by atoms with E-state index in [1.807, 2.05) is 46.5 Å². The summed E-state index contributed by atoms with van der Waals surface area (Å²) in [6.45, 7) is 2.03. The lowest BCUT2D eigenvalue weighted by Crippen LogP contribution is -2.39. The smallest absolute Gasteiger partial charge is 0.336 e. The van der Waals surface area contributed by atoms with E-state index in [4.69, 9.17) is 26.2 Å². The summed E-state index contributed by atoms with van der Waals surface area (Å²) in [5, 5.41) is 16.9. The van der Waals surface area contributed by atoms with Crippen molar-refractivity contribution in [2.45, 2.75) is 44.4 Å². The van der Waals surface area contributed by atoms with E-state index in [1.54, 1.807) is 18.3 Å². The van der Waals surface area contributed by atoms with Crippen LogP contribution in [0.4, 0.5) is 0 Å². The quantitative estimate of drug-likeness (QED) is 0.506. The Morgan fingerprint density at radius 1 is 1.37 bits per heavy atom. The molecule has 0 spiro atoms. The van der Waals surface area contributed by atoms with Crippen LogP contribution in [-0.4, -0.2) is 39.7 Å². The molecular formula is C22H23ClN2O4S. The highest BCUT2D eigenvalue weighted by Crippen LogP contribution is 2.36. The highest BCUT2D eigenvalue weighted by Gasteiger charge is 2.34. The van der Waals surface area contributed by atoms with Gasteiger partial charge in [0.15, 0.2) is 5.60 Å². The van der Waals surface area contributed by atoms with Crippen LogP contribution < -0.4 is 4.74 Å². The van der Waals surface area contributed by atoms with Gasteiger partial charge in [0, 0.05) is 30.0 Å². The summed E-state index contributed by atoms with van der Waals surface area (Å²) in [6.07, 6.45) is 2.68. The van der Waals surface area contributed by atoms with Gasteiger partial charge in [-0.2, -0.15) is 5.10 Å². The molecule has 0 saturated heterocycles. The number of hydrogen-bond donors (Lipinski definition) is 1. The lowest BCUT2D eigenvalue weighted by Gasteiger charge is -2.21. The standard InChI is InChI=1S/C22H23ClN2O4S/c1-22(28-2,21(26)27)11-15-9-19(20-10-17(13-30-20)29-16-7-8-16)25(24-15)12-14-5-3-4-6-18(14)23/h3-6,9-10,13,16H,7-8,11-12H2,1-2H3,(H,26,27). The highest BCUT2D eigenvalue weighted by atomic mass is 35.5. The Morgan fingerprint density at radius 3 is 2.80 bits per heavy atom. The lowest BCUT2D eigenvalue weighted by molar-refractivity contribution is -0.160. The molecule has 1 fully saturated rings.